The minimum absolute atomic E-state index is 0.0528. The van der Waals surface area contributed by atoms with E-state index in [1.165, 1.54) is 18.4 Å². The maximum absolute atomic E-state index is 13.2. The summed E-state index contributed by atoms with van der Waals surface area (Å²) in [5.74, 6) is -0.206. The first-order valence-corrected chi connectivity index (χ1v) is 11.9. The van der Waals surface area contributed by atoms with Crippen molar-refractivity contribution in [3.05, 3.63) is 73.7 Å². The van der Waals surface area contributed by atoms with Crippen LogP contribution in [0.5, 0.6) is 5.75 Å². The number of aliphatic hydroxyl groups excluding tert-OH is 1. The van der Waals surface area contributed by atoms with Gasteiger partial charge in [0.05, 0.1) is 4.88 Å². The topological polar surface area (TPSA) is 117 Å². The van der Waals surface area contributed by atoms with E-state index >= 15 is 0 Å². The first kappa shape index (κ1) is 23.7. The van der Waals surface area contributed by atoms with Gasteiger partial charge in [0, 0.05) is 26.1 Å². The molecule has 1 unspecified atom stereocenters. The molecule has 0 fully saturated rings. The molecule has 3 N–H and O–H groups in total. The minimum Gasteiger partial charge on any atom is -0.408 e. The van der Waals surface area contributed by atoms with Gasteiger partial charge in [0.1, 0.15) is 10.2 Å². The Morgan fingerprint density at radius 3 is 2.53 bits per heavy atom. The Balaban J connectivity index is 2.10. The van der Waals surface area contributed by atoms with Crippen molar-refractivity contribution in [2.45, 2.75) is 32.7 Å². The fourth-order valence-corrected chi connectivity index (χ4v) is 5.77. The van der Waals surface area contributed by atoms with Gasteiger partial charge < -0.3 is 15.6 Å². The summed E-state index contributed by atoms with van der Waals surface area (Å²) in [6.45, 7) is 4.21. The van der Waals surface area contributed by atoms with Crippen molar-refractivity contribution in [1.29, 1.82) is 0 Å². The molecule has 0 aliphatic heterocycles. The van der Waals surface area contributed by atoms with E-state index < -0.39 is 23.3 Å². The van der Waals surface area contributed by atoms with Crippen molar-refractivity contribution in [2.75, 3.05) is 6.61 Å². The van der Waals surface area contributed by atoms with Crippen LogP contribution < -0.4 is 21.7 Å². The molecule has 0 saturated heterocycles. The van der Waals surface area contributed by atoms with Gasteiger partial charge in [-0.15, -0.1) is 11.3 Å². The Labute approximate surface area is 199 Å². The van der Waals surface area contributed by atoms with Crippen LogP contribution in [0.3, 0.4) is 0 Å². The third kappa shape index (κ3) is 4.12. The average Bonchev–Trinajstić information content (AvgIpc) is 3.16. The molecular weight excluding hydrogens is 454 g/mol. The second-order valence-corrected chi connectivity index (χ2v) is 9.71. The second kappa shape index (κ2) is 9.44. The fraction of sp³-hybridized carbons (Fsp3) is 0.320. The second-order valence-electron chi connectivity index (χ2n) is 8.68. The largest absolute Gasteiger partial charge is 0.410 e. The number of aliphatic hydroxyl groups is 1. The van der Waals surface area contributed by atoms with E-state index in [-0.39, 0.29) is 23.7 Å². The number of fused-ring (bicyclic) bond motifs is 2. The average molecular weight is 482 g/mol. The van der Waals surface area contributed by atoms with Crippen molar-refractivity contribution in [1.82, 2.24) is 9.13 Å². The summed E-state index contributed by atoms with van der Waals surface area (Å²) in [5, 5.41) is 12.1. The molecule has 2 aromatic carbocycles. The van der Waals surface area contributed by atoms with Crippen LogP contribution in [0.1, 0.15) is 36.6 Å². The number of hydrogen-bond donors (Lipinski definition) is 2. The van der Waals surface area contributed by atoms with Gasteiger partial charge in [0.15, 0.2) is 5.75 Å². The number of primary amides is 1. The van der Waals surface area contributed by atoms with Gasteiger partial charge in [-0.3, -0.25) is 13.9 Å². The first-order chi connectivity index (χ1) is 16.2. The monoisotopic (exact) mass is 481 g/mol. The lowest BCUT2D eigenvalue weighted by Gasteiger charge is -2.18. The highest BCUT2D eigenvalue weighted by atomic mass is 32.1. The maximum atomic E-state index is 13.2. The number of rotatable bonds is 7. The van der Waals surface area contributed by atoms with Gasteiger partial charge >= 0.3 is 11.8 Å². The smallest absolute Gasteiger partial charge is 0.408 e. The summed E-state index contributed by atoms with van der Waals surface area (Å²) < 4.78 is 8.00. The number of benzene rings is 2. The number of hydrogen-bond acceptors (Lipinski definition) is 6. The Kier molecular flexibility index (Phi) is 6.58. The molecule has 2 heterocycles. The van der Waals surface area contributed by atoms with Crippen molar-refractivity contribution < 1.29 is 14.6 Å². The van der Waals surface area contributed by atoms with Crippen molar-refractivity contribution in [3.63, 3.8) is 0 Å². The summed E-state index contributed by atoms with van der Waals surface area (Å²) in [6, 6.07) is 13.8. The van der Waals surface area contributed by atoms with Crippen LogP contribution in [-0.4, -0.2) is 26.9 Å². The number of ether oxygens (including phenoxy) is 1. The molecule has 1 amide bonds. The molecule has 0 saturated carbocycles. The maximum Gasteiger partial charge on any atom is 0.410 e. The molecule has 9 heteroatoms. The third-order valence-electron chi connectivity index (χ3n) is 5.84. The van der Waals surface area contributed by atoms with E-state index in [4.69, 9.17) is 10.5 Å². The Morgan fingerprint density at radius 1 is 1.15 bits per heavy atom. The van der Waals surface area contributed by atoms with Crippen LogP contribution in [0.2, 0.25) is 0 Å². The predicted molar refractivity (Wildman–Crippen MR) is 134 cm³/mol. The fourth-order valence-electron chi connectivity index (χ4n) is 4.39. The molecule has 2 aromatic heterocycles. The minimum atomic E-state index is -1.05. The molecule has 4 aromatic rings. The first-order valence-electron chi connectivity index (χ1n) is 11.1. The van der Waals surface area contributed by atoms with E-state index in [1.54, 1.807) is 4.57 Å². The van der Waals surface area contributed by atoms with Crippen molar-refractivity contribution >= 4 is 38.4 Å². The summed E-state index contributed by atoms with van der Waals surface area (Å²) >= 11 is 1.23. The van der Waals surface area contributed by atoms with Crippen molar-refractivity contribution in [2.24, 2.45) is 18.7 Å². The Morgan fingerprint density at radius 2 is 1.85 bits per heavy atom. The summed E-state index contributed by atoms with van der Waals surface area (Å²) in [4.78, 5) is 39.1. The van der Waals surface area contributed by atoms with E-state index in [1.807, 2.05) is 56.3 Å². The molecule has 178 valence electrons. The lowest BCUT2D eigenvalue weighted by Crippen LogP contribution is -2.38. The van der Waals surface area contributed by atoms with E-state index in [2.05, 4.69) is 0 Å². The number of nitrogens with zero attached hydrogens (tertiary/aromatic N) is 2. The zero-order chi connectivity index (χ0) is 24.6. The van der Waals surface area contributed by atoms with Crippen molar-refractivity contribution in [3.8, 4) is 5.75 Å². The van der Waals surface area contributed by atoms with Crippen LogP contribution in [-0.2, 0) is 13.6 Å². The molecular formula is C25H27N3O5S. The molecule has 0 aliphatic rings. The molecule has 0 bridgehead atoms. The zero-order valence-corrected chi connectivity index (χ0v) is 20.1. The molecule has 4 rings (SSSR count). The highest BCUT2D eigenvalue weighted by Gasteiger charge is 2.29. The summed E-state index contributed by atoms with van der Waals surface area (Å²) in [6.07, 6.45) is -0.727. The number of amides is 1. The van der Waals surface area contributed by atoms with Gasteiger partial charge in [-0.2, -0.15) is 0 Å². The number of carbonyl (C=O) groups is 1. The lowest BCUT2D eigenvalue weighted by molar-refractivity contribution is 0.211. The predicted octanol–water partition coefficient (Wildman–Crippen LogP) is 3.54. The van der Waals surface area contributed by atoms with E-state index in [0.717, 1.165) is 20.9 Å². The van der Waals surface area contributed by atoms with Gasteiger partial charge in [0.2, 0.25) is 0 Å². The highest BCUT2D eigenvalue weighted by Crippen LogP contribution is 2.45. The molecule has 0 spiro atoms. The molecule has 1 atom stereocenters. The Hall–Kier alpha value is -3.43. The van der Waals surface area contributed by atoms with Crippen LogP contribution >= 0.6 is 11.3 Å². The van der Waals surface area contributed by atoms with Crippen LogP contribution in [0.4, 0.5) is 4.79 Å². The molecule has 0 aliphatic carbocycles. The summed E-state index contributed by atoms with van der Waals surface area (Å²) in [5.41, 5.74) is 5.33. The highest BCUT2D eigenvalue weighted by molar-refractivity contribution is 7.19. The van der Waals surface area contributed by atoms with Gasteiger partial charge in [0.25, 0.3) is 5.56 Å². The van der Waals surface area contributed by atoms with Gasteiger partial charge in [-0.1, -0.05) is 56.3 Å². The molecule has 8 nitrogen and oxygen atoms in total. The number of aromatic nitrogens is 2. The van der Waals surface area contributed by atoms with E-state index in [0.29, 0.717) is 22.7 Å². The lowest BCUT2D eigenvalue weighted by atomic mass is 9.89. The van der Waals surface area contributed by atoms with Gasteiger partial charge in [-0.25, -0.2) is 9.59 Å². The van der Waals surface area contributed by atoms with Gasteiger partial charge in [-0.05, 0) is 28.7 Å². The Bertz CT molecular complexity index is 1490. The summed E-state index contributed by atoms with van der Waals surface area (Å²) in [7, 11) is 1.40. The van der Waals surface area contributed by atoms with Crippen LogP contribution in [0.25, 0.3) is 21.0 Å². The quantitative estimate of drug-likeness (QED) is 0.419. The van der Waals surface area contributed by atoms with E-state index in [9.17, 15) is 19.5 Å². The molecule has 0 radical (unpaired) electrons. The molecule has 34 heavy (non-hydrogen) atoms. The zero-order valence-electron chi connectivity index (χ0n) is 19.3. The number of thiophene rings is 1. The normalized spacial score (nSPS) is 12.5. The third-order valence-corrected chi connectivity index (χ3v) is 7.14. The van der Waals surface area contributed by atoms with Crippen LogP contribution in [0.15, 0.2) is 52.1 Å². The van der Waals surface area contributed by atoms with Crippen LogP contribution in [0, 0.1) is 5.92 Å². The SMILES string of the molecule is CC(C)Cn1c(=O)n(C)c(=O)c2c(OC(N)=O)c(C(CCO)c3cccc4ccccc34)sc21. The number of carbonyl (C=O) groups excluding carboxylic acids is 1. The standard InChI is InChI=1S/C25H27N3O5S/c1-14(2)13-28-23-19(22(30)27(3)25(28)32)20(33-24(26)31)21(34-23)18(11-12-29)17-10-6-8-15-7-4-5-9-16(15)17/h4-10,14,18,29H,11-13H2,1-3H3,(H2,26,31). The number of nitrogens with two attached hydrogens (primary N) is 1.